The van der Waals surface area contributed by atoms with Crippen LogP contribution in [-0.4, -0.2) is 37.3 Å². The summed E-state index contributed by atoms with van der Waals surface area (Å²) >= 11 is 0. The van der Waals surface area contributed by atoms with Crippen molar-refractivity contribution in [2.24, 2.45) is 5.92 Å². The van der Waals surface area contributed by atoms with E-state index in [4.69, 9.17) is 14.2 Å². The highest BCUT2D eigenvalue weighted by atomic mass is 16.5. The minimum Gasteiger partial charge on any atom is -0.493 e. The van der Waals surface area contributed by atoms with Gasteiger partial charge in [0.1, 0.15) is 5.69 Å². The van der Waals surface area contributed by atoms with Gasteiger partial charge in [-0.2, -0.15) is 5.10 Å². The monoisotopic (exact) mass is 444 g/mol. The number of benzene rings is 2. The van der Waals surface area contributed by atoms with Crippen LogP contribution in [0.2, 0.25) is 0 Å². The van der Waals surface area contributed by atoms with E-state index in [9.17, 15) is 4.79 Å². The van der Waals surface area contributed by atoms with Crippen molar-refractivity contribution >= 4 is 11.9 Å². The normalized spacial score (nSPS) is 19.5. The molecule has 2 aromatic carbocycles. The van der Waals surface area contributed by atoms with Crippen LogP contribution in [0.25, 0.3) is 6.08 Å². The van der Waals surface area contributed by atoms with E-state index in [1.165, 1.54) is 0 Å². The molecule has 0 saturated heterocycles. The molecule has 5 rings (SSSR count). The van der Waals surface area contributed by atoms with Crippen molar-refractivity contribution in [1.82, 2.24) is 10.2 Å². The number of nitrogens with one attached hydrogen (secondary N) is 1. The molecular weight excluding hydrogens is 416 g/mol. The summed E-state index contributed by atoms with van der Waals surface area (Å²) in [5.74, 6) is 2.03. The average Bonchev–Trinajstić information content (AvgIpc) is 3.25. The van der Waals surface area contributed by atoms with E-state index in [-0.39, 0.29) is 11.7 Å². The number of ether oxygens (including phenoxy) is 3. The smallest absolute Gasteiger partial charge is 0.203 e. The van der Waals surface area contributed by atoms with Gasteiger partial charge in [0.2, 0.25) is 5.75 Å². The molecule has 0 bridgehead atoms. The summed E-state index contributed by atoms with van der Waals surface area (Å²) < 4.78 is 16.8. The maximum Gasteiger partial charge on any atom is 0.203 e. The van der Waals surface area contributed by atoms with Crippen LogP contribution in [0.3, 0.4) is 0 Å². The van der Waals surface area contributed by atoms with Gasteiger partial charge in [-0.1, -0.05) is 48.9 Å². The lowest BCUT2D eigenvalue weighted by Gasteiger charge is -2.35. The van der Waals surface area contributed by atoms with Gasteiger partial charge in [0.05, 0.1) is 21.3 Å². The van der Waals surface area contributed by atoms with Gasteiger partial charge in [0.15, 0.2) is 17.3 Å². The first-order chi connectivity index (χ1) is 16.1. The molecule has 0 spiro atoms. The third-order valence-corrected chi connectivity index (χ3v) is 7.05. The first-order valence-electron chi connectivity index (χ1n) is 11.3. The Kier molecular flexibility index (Phi) is 5.44. The van der Waals surface area contributed by atoms with Gasteiger partial charge in [-0.25, -0.2) is 0 Å². The summed E-state index contributed by atoms with van der Waals surface area (Å²) in [6, 6.07) is 14.3. The predicted molar refractivity (Wildman–Crippen MR) is 126 cm³/mol. The number of fused-ring (bicyclic) bond motifs is 1. The number of rotatable bonds is 7. The van der Waals surface area contributed by atoms with E-state index in [1.54, 1.807) is 21.3 Å². The largest absolute Gasteiger partial charge is 0.493 e. The van der Waals surface area contributed by atoms with Gasteiger partial charge in [0, 0.05) is 29.0 Å². The van der Waals surface area contributed by atoms with Crippen molar-refractivity contribution in [3.8, 4) is 17.2 Å². The molecule has 33 heavy (non-hydrogen) atoms. The zero-order valence-electron chi connectivity index (χ0n) is 19.2. The Morgan fingerprint density at radius 2 is 1.70 bits per heavy atom. The minimum atomic E-state index is -0.496. The van der Waals surface area contributed by atoms with Gasteiger partial charge >= 0.3 is 0 Å². The first kappa shape index (κ1) is 21.3. The molecule has 1 saturated carbocycles. The third-order valence-electron chi connectivity index (χ3n) is 7.05. The van der Waals surface area contributed by atoms with E-state index >= 15 is 0 Å². The topological polar surface area (TPSA) is 73.4 Å². The number of hydrogen-bond acceptors (Lipinski definition) is 5. The lowest BCUT2D eigenvalue weighted by atomic mass is 9.68. The van der Waals surface area contributed by atoms with E-state index in [0.717, 1.165) is 41.6 Å². The van der Waals surface area contributed by atoms with E-state index in [2.05, 4.69) is 28.4 Å². The summed E-state index contributed by atoms with van der Waals surface area (Å²) in [5.41, 5.74) is 4.07. The quantitative estimate of drug-likeness (QED) is 0.521. The van der Waals surface area contributed by atoms with Crippen molar-refractivity contribution in [3.05, 3.63) is 76.6 Å². The molecule has 2 aliphatic rings. The molecule has 6 heteroatoms. The van der Waals surface area contributed by atoms with Crippen molar-refractivity contribution in [1.29, 1.82) is 0 Å². The molecule has 1 fully saturated rings. The first-order valence-corrected chi connectivity index (χ1v) is 11.3. The van der Waals surface area contributed by atoms with Crippen LogP contribution in [0.1, 0.15) is 52.1 Å². The Balaban J connectivity index is 1.65. The third kappa shape index (κ3) is 3.41. The molecule has 6 nitrogen and oxygen atoms in total. The highest BCUT2D eigenvalue weighted by Crippen LogP contribution is 2.47. The Labute approximate surface area is 193 Å². The van der Waals surface area contributed by atoms with E-state index in [1.807, 2.05) is 36.4 Å². The standard InChI is InChI=1S/C27H28N2O4/c1-31-22-14-19(15-23(32-2)26(22)33-3)27(18-10-5-4-6-11-18)13-12-20-21(16-27)28-29-24(20)25(30)17-8-7-9-17/h4-6,10-15,17H,7-9,16H2,1-3H3,(H,28,29). The van der Waals surface area contributed by atoms with Gasteiger partial charge < -0.3 is 14.2 Å². The Bertz CT molecular complexity index is 1190. The second-order valence-electron chi connectivity index (χ2n) is 8.72. The molecule has 0 aliphatic heterocycles. The summed E-state index contributed by atoms with van der Waals surface area (Å²) in [7, 11) is 4.85. The van der Waals surface area contributed by atoms with Gasteiger partial charge in [-0.3, -0.25) is 9.89 Å². The summed E-state index contributed by atoms with van der Waals surface area (Å²) in [4.78, 5) is 12.9. The number of hydrogen-bond donors (Lipinski definition) is 1. The second-order valence-corrected chi connectivity index (χ2v) is 8.72. The molecule has 3 aromatic rings. The molecule has 2 aliphatic carbocycles. The number of Topliss-reactive ketones (excluding diaryl/α,β-unsaturated/α-hetero) is 1. The maximum absolute atomic E-state index is 12.9. The summed E-state index contributed by atoms with van der Waals surface area (Å²) in [5, 5.41) is 7.63. The zero-order chi connectivity index (χ0) is 23.0. The number of carbonyl (C=O) groups is 1. The molecule has 1 unspecified atom stereocenters. The van der Waals surface area contributed by atoms with Crippen molar-refractivity contribution < 1.29 is 19.0 Å². The van der Waals surface area contributed by atoms with Gasteiger partial charge in [0.25, 0.3) is 0 Å². The number of aromatic nitrogens is 2. The molecule has 1 aromatic heterocycles. The Hall–Kier alpha value is -3.54. The second kappa shape index (κ2) is 8.43. The van der Waals surface area contributed by atoms with Gasteiger partial charge in [-0.15, -0.1) is 0 Å². The minimum absolute atomic E-state index is 0.113. The fourth-order valence-electron chi connectivity index (χ4n) is 4.95. The lowest BCUT2D eigenvalue weighted by molar-refractivity contribution is 0.0849. The highest BCUT2D eigenvalue weighted by Gasteiger charge is 2.39. The molecule has 0 radical (unpaired) electrons. The average molecular weight is 445 g/mol. The number of aromatic amines is 1. The molecule has 1 N–H and O–H groups in total. The van der Waals surface area contributed by atoms with Crippen molar-refractivity contribution in [2.75, 3.05) is 21.3 Å². The Morgan fingerprint density at radius 3 is 2.27 bits per heavy atom. The number of nitrogens with zero attached hydrogens (tertiary/aromatic N) is 1. The summed E-state index contributed by atoms with van der Waals surface area (Å²) in [6.45, 7) is 0. The molecule has 170 valence electrons. The van der Waals surface area contributed by atoms with Crippen LogP contribution in [0.4, 0.5) is 0 Å². The van der Waals surface area contributed by atoms with E-state index in [0.29, 0.717) is 29.4 Å². The summed E-state index contributed by atoms with van der Waals surface area (Å²) in [6.07, 6.45) is 7.90. The molecule has 1 heterocycles. The van der Waals surface area contributed by atoms with Crippen molar-refractivity contribution in [3.63, 3.8) is 0 Å². The van der Waals surface area contributed by atoms with E-state index < -0.39 is 5.41 Å². The fourth-order valence-corrected chi connectivity index (χ4v) is 4.95. The highest BCUT2D eigenvalue weighted by molar-refractivity contribution is 6.00. The number of ketones is 1. The van der Waals surface area contributed by atoms with Crippen LogP contribution in [-0.2, 0) is 11.8 Å². The van der Waals surface area contributed by atoms with Crippen LogP contribution < -0.4 is 14.2 Å². The molecule has 0 amide bonds. The number of H-pyrrole nitrogens is 1. The van der Waals surface area contributed by atoms with Crippen molar-refractivity contribution in [2.45, 2.75) is 31.1 Å². The molecular formula is C27H28N2O4. The lowest BCUT2D eigenvalue weighted by Crippen LogP contribution is -2.31. The van der Waals surface area contributed by atoms with Crippen LogP contribution >= 0.6 is 0 Å². The number of carbonyl (C=O) groups excluding carboxylic acids is 1. The maximum atomic E-state index is 12.9. The fraction of sp³-hybridized carbons (Fsp3) is 0.333. The van der Waals surface area contributed by atoms with Crippen LogP contribution in [0.15, 0.2) is 48.5 Å². The molecule has 1 atom stereocenters. The SMILES string of the molecule is COc1cc(C2(c3ccccc3)C=Cc3c(C(=O)C4CCC4)n[nH]c3C2)cc(OC)c1OC. The number of allylic oxidation sites excluding steroid dienone is 1. The van der Waals surface area contributed by atoms with Crippen LogP contribution in [0, 0.1) is 5.92 Å². The Morgan fingerprint density at radius 1 is 1.00 bits per heavy atom. The number of methoxy groups -OCH3 is 3. The van der Waals surface area contributed by atoms with Gasteiger partial charge in [-0.05, 0) is 36.1 Å². The van der Waals surface area contributed by atoms with Crippen LogP contribution in [0.5, 0.6) is 17.2 Å². The zero-order valence-corrected chi connectivity index (χ0v) is 19.2. The predicted octanol–water partition coefficient (Wildman–Crippen LogP) is 4.97.